The number of halogens is 2. The Balaban J connectivity index is 2.36. The fourth-order valence-electron chi connectivity index (χ4n) is 3.16. The first-order chi connectivity index (χ1) is 13.5. The quantitative estimate of drug-likeness (QED) is 0.603. The maximum absolute atomic E-state index is 13.1. The smallest absolute Gasteiger partial charge is 0.244 e. The molecule has 158 valence electrons. The van der Waals surface area contributed by atoms with Crippen molar-refractivity contribution in [3.05, 3.63) is 64.1 Å². The Bertz CT molecular complexity index is 950. The molecule has 0 saturated heterocycles. The van der Waals surface area contributed by atoms with Crippen LogP contribution in [-0.4, -0.2) is 26.6 Å². The average Bonchev–Trinajstić information content (AvgIpc) is 2.63. The van der Waals surface area contributed by atoms with Gasteiger partial charge in [-0.25, -0.2) is 8.42 Å². The zero-order chi connectivity index (χ0) is 21.8. The van der Waals surface area contributed by atoms with E-state index in [0.29, 0.717) is 10.9 Å². The van der Waals surface area contributed by atoms with Gasteiger partial charge in [0.05, 0.1) is 23.0 Å². The molecular formula is C21H26Cl2N2O3S. The Morgan fingerprint density at radius 2 is 1.69 bits per heavy atom. The summed E-state index contributed by atoms with van der Waals surface area (Å²) in [5.41, 5.74) is 1.14. The molecule has 5 nitrogen and oxygen atoms in total. The van der Waals surface area contributed by atoms with E-state index in [1.54, 1.807) is 6.07 Å². The predicted octanol–water partition coefficient (Wildman–Crippen LogP) is 5.05. The highest BCUT2D eigenvalue weighted by molar-refractivity contribution is 7.92. The van der Waals surface area contributed by atoms with Crippen LogP contribution in [0.2, 0.25) is 10.0 Å². The lowest BCUT2D eigenvalue weighted by atomic mass is 9.96. The summed E-state index contributed by atoms with van der Waals surface area (Å²) in [7, 11) is -3.80. The molecule has 0 aliphatic carbocycles. The monoisotopic (exact) mass is 456 g/mol. The van der Waals surface area contributed by atoms with Crippen molar-refractivity contribution in [2.24, 2.45) is 5.92 Å². The second kappa shape index (κ2) is 9.83. The maximum atomic E-state index is 13.1. The van der Waals surface area contributed by atoms with Gasteiger partial charge in [0.15, 0.2) is 0 Å². The van der Waals surface area contributed by atoms with Crippen molar-refractivity contribution in [2.75, 3.05) is 10.6 Å². The van der Waals surface area contributed by atoms with Gasteiger partial charge >= 0.3 is 0 Å². The van der Waals surface area contributed by atoms with E-state index in [0.717, 1.165) is 22.5 Å². The molecule has 0 bridgehead atoms. The number of hydrogen-bond acceptors (Lipinski definition) is 3. The molecule has 1 N–H and O–H groups in total. The van der Waals surface area contributed by atoms with Gasteiger partial charge in [-0.1, -0.05) is 67.4 Å². The minimum Gasteiger partial charge on any atom is -0.347 e. The molecule has 0 spiro atoms. The number of rotatable bonds is 8. The van der Waals surface area contributed by atoms with E-state index in [9.17, 15) is 13.2 Å². The molecule has 1 amide bonds. The number of nitrogens with zero attached hydrogens (tertiary/aromatic N) is 1. The van der Waals surface area contributed by atoms with Crippen LogP contribution >= 0.6 is 23.2 Å². The van der Waals surface area contributed by atoms with Crippen LogP contribution in [0.5, 0.6) is 0 Å². The first-order valence-corrected chi connectivity index (χ1v) is 11.9. The number of nitrogens with one attached hydrogen (secondary N) is 1. The van der Waals surface area contributed by atoms with E-state index in [1.807, 2.05) is 30.3 Å². The predicted molar refractivity (Wildman–Crippen MR) is 120 cm³/mol. The van der Waals surface area contributed by atoms with E-state index in [1.165, 1.54) is 19.1 Å². The van der Waals surface area contributed by atoms with Crippen LogP contribution in [-0.2, 0) is 14.8 Å². The van der Waals surface area contributed by atoms with Crippen molar-refractivity contribution in [3.8, 4) is 0 Å². The Morgan fingerprint density at radius 3 is 2.24 bits per heavy atom. The lowest BCUT2D eigenvalue weighted by Crippen LogP contribution is -2.48. The molecule has 2 rings (SSSR count). The molecule has 0 aliphatic rings. The first-order valence-electron chi connectivity index (χ1n) is 9.30. The van der Waals surface area contributed by atoms with Crippen LogP contribution in [0.15, 0.2) is 48.5 Å². The lowest BCUT2D eigenvalue weighted by molar-refractivity contribution is -0.122. The minimum absolute atomic E-state index is 0.171. The number of carbonyl (C=O) groups excluding carboxylic acids is 1. The van der Waals surface area contributed by atoms with Gasteiger partial charge in [-0.15, -0.1) is 0 Å². The highest BCUT2D eigenvalue weighted by atomic mass is 35.5. The standard InChI is InChI=1S/C21H26Cl2N2O3S/c1-14(2)12-19(16-8-6-5-7-9-16)24-21(26)15(3)25(29(4,27)28)20-13-17(22)10-11-18(20)23/h5-11,13-15,19H,12H2,1-4H3,(H,24,26)/t15-,19-/m0/s1. The number of sulfonamides is 1. The van der Waals surface area contributed by atoms with Crippen molar-refractivity contribution in [1.29, 1.82) is 0 Å². The van der Waals surface area contributed by atoms with Gasteiger partial charge in [0.25, 0.3) is 0 Å². The SMILES string of the molecule is CC(C)C[C@H](NC(=O)[C@H](C)N(c1cc(Cl)ccc1Cl)S(C)(=O)=O)c1ccccc1. The van der Waals surface area contributed by atoms with Crippen LogP contribution in [0.25, 0.3) is 0 Å². The second-order valence-corrected chi connectivity index (χ2v) is 10.1. The average molecular weight is 457 g/mol. The van der Waals surface area contributed by atoms with Crippen LogP contribution < -0.4 is 9.62 Å². The number of amides is 1. The topological polar surface area (TPSA) is 66.5 Å². The zero-order valence-electron chi connectivity index (χ0n) is 16.9. The van der Waals surface area contributed by atoms with Gasteiger partial charge in [-0.3, -0.25) is 9.10 Å². The Kier molecular flexibility index (Phi) is 7.97. The summed E-state index contributed by atoms with van der Waals surface area (Å²) in [5, 5.41) is 3.52. The van der Waals surface area contributed by atoms with Gasteiger partial charge in [0, 0.05) is 5.02 Å². The van der Waals surface area contributed by atoms with Gasteiger partial charge in [-0.2, -0.15) is 0 Å². The van der Waals surface area contributed by atoms with Crippen LogP contribution in [0.4, 0.5) is 5.69 Å². The normalized spacial score (nSPS) is 13.8. The summed E-state index contributed by atoms with van der Waals surface area (Å²) < 4.78 is 26.0. The molecule has 29 heavy (non-hydrogen) atoms. The van der Waals surface area contributed by atoms with E-state index in [2.05, 4.69) is 19.2 Å². The van der Waals surface area contributed by atoms with Crippen molar-refractivity contribution in [2.45, 2.75) is 39.3 Å². The zero-order valence-corrected chi connectivity index (χ0v) is 19.2. The second-order valence-electron chi connectivity index (χ2n) is 7.43. The van der Waals surface area contributed by atoms with Gasteiger partial charge in [0.2, 0.25) is 15.9 Å². The van der Waals surface area contributed by atoms with Crippen LogP contribution in [0, 0.1) is 5.92 Å². The molecule has 0 heterocycles. The molecular weight excluding hydrogens is 431 g/mol. The van der Waals surface area contributed by atoms with E-state index in [4.69, 9.17) is 23.2 Å². The van der Waals surface area contributed by atoms with Crippen LogP contribution in [0.1, 0.15) is 38.8 Å². The van der Waals surface area contributed by atoms with Crippen molar-refractivity contribution < 1.29 is 13.2 Å². The Morgan fingerprint density at radius 1 is 1.07 bits per heavy atom. The molecule has 0 saturated carbocycles. The van der Waals surface area contributed by atoms with E-state index >= 15 is 0 Å². The molecule has 2 atom stereocenters. The number of anilines is 1. The molecule has 2 aromatic rings. The fourth-order valence-corrected chi connectivity index (χ4v) is 4.77. The number of carbonyl (C=O) groups is 1. The molecule has 2 aromatic carbocycles. The number of benzene rings is 2. The molecule has 0 aromatic heterocycles. The van der Waals surface area contributed by atoms with Crippen LogP contribution in [0.3, 0.4) is 0 Å². The molecule has 0 unspecified atom stereocenters. The van der Waals surface area contributed by atoms with Crippen molar-refractivity contribution in [1.82, 2.24) is 5.32 Å². The fraction of sp³-hybridized carbons (Fsp3) is 0.381. The summed E-state index contributed by atoms with van der Waals surface area (Å²) in [6.45, 7) is 5.67. The van der Waals surface area contributed by atoms with Gasteiger partial charge in [-0.05, 0) is 43.0 Å². The van der Waals surface area contributed by atoms with Crippen molar-refractivity contribution >= 4 is 44.8 Å². The van der Waals surface area contributed by atoms with Gasteiger partial charge in [0.1, 0.15) is 6.04 Å². The van der Waals surface area contributed by atoms with E-state index < -0.39 is 22.0 Å². The largest absolute Gasteiger partial charge is 0.347 e. The van der Waals surface area contributed by atoms with Gasteiger partial charge < -0.3 is 5.32 Å². The highest BCUT2D eigenvalue weighted by Gasteiger charge is 2.32. The summed E-state index contributed by atoms with van der Waals surface area (Å²) in [6.07, 6.45) is 1.76. The third kappa shape index (κ3) is 6.36. The summed E-state index contributed by atoms with van der Waals surface area (Å²) >= 11 is 12.3. The Hall–Kier alpha value is -1.76. The Labute approximate surface area is 183 Å². The molecule has 0 aliphatic heterocycles. The van der Waals surface area contributed by atoms with Crippen molar-refractivity contribution in [3.63, 3.8) is 0 Å². The minimum atomic E-state index is -3.80. The molecule has 8 heteroatoms. The highest BCUT2D eigenvalue weighted by Crippen LogP contribution is 2.32. The summed E-state index contributed by atoms with van der Waals surface area (Å²) in [5.74, 6) is -0.0785. The maximum Gasteiger partial charge on any atom is 0.244 e. The summed E-state index contributed by atoms with van der Waals surface area (Å²) in [6, 6.07) is 12.9. The molecule has 0 radical (unpaired) electrons. The number of hydrogen-bond donors (Lipinski definition) is 1. The third-order valence-electron chi connectivity index (χ3n) is 4.46. The third-order valence-corrected chi connectivity index (χ3v) is 6.24. The van der Waals surface area contributed by atoms with E-state index in [-0.39, 0.29) is 16.8 Å². The molecule has 0 fully saturated rings. The summed E-state index contributed by atoms with van der Waals surface area (Å²) in [4.78, 5) is 13.1. The lowest BCUT2D eigenvalue weighted by Gasteiger charge is -2.31. The first kappa shape index (κ1) is 23.5.